The average Bonchev–Trinajstić information content (AvgIpc) is 3.00. The fourth-order valence-corrected chi connectivity index (χ4v) is 6.75. The van der Waals surface area contributed by atoms with Crippen LogP contribution < -0.4 is 14.2 Å². The maximum atomic E-state index is 9.11. The van der Waals surface area contributed by atoms with Gasteiger partial charge < -0.3 is 28.0 Å². The molecule has 9 heteroatoms. The molecule has 0 aromatic heterocycles. The van der Waals surface area contributed by atoms with Gasteiger partial charge in [-0.25, -0.2) is 4.67 Å². The summed E-state index contributed by atoms with van der Waals surface area (Å²) in [5.41, 5.74) is 3.43. The summed E-state index contributed by atoms with van der Waals surface area (Å²) in [6, 6.07) is 26.4. The van der Waals surface area contributed by atoms with Gasteiger partial charge in [-0.15, -0.1) is 0 Å². The van der Waals surface area contributed by atoms with E-state index < -0.39 is 27.0 Å². The van der Waals surface area contributed by atoms with Gasteiger partial charge in [0, 0.05) is 18.5 Å². The first kappa shape index (κ1) is 34.7. The summed E-state index contributed by atoms with van der Waals surface area (Å²) in [6.07, 6.45) is -1.36. The highest BCUT2D eigenvalue weighted by Crippen LogP contribution is 2.46. The van der Waals surface area contributed by atoms with E-state index >= 15 is 0 Å². The van der Waals surface area contributed by atoms with Crippen molar-refractivity contribution in [3.8, 4) is 23.3 Å². The van der Waals surface area contributed by atoms with Crippen LogP contribution in [0.15, 0.2) is 72.8 Å². The molecular weight excluding hydrogens is 587 g/mol. The van der Waals surface area contributed by atoms with Gasteiger partial charge in [0.05, 0.1) is 31.8 Å². The van der Waals surface area contributed by atoms with Gasteiger partial charge in [-0.05, 0) is 84.9 Å². The molecule has 8 nitrogen and oxygen atoms in total. The van der Waals surface area contributed by atoms with Crippen LogP contribution in [0.25, 0.3) is 0 Å². The van der Waals surface area contributed by atoms with Crippen molar-refractivity contribution >= 4 is 8.53 Å². The van der Waals surface area contributed by atoms with Gasteiger partial charge in [0.1, 0.15) is 23.4 Å². The highest BCUT2D eigenvalue weighted by atomic mass is 31.2. The van der Waals surface area contributed by atoms with Crippen LogP contribution in [0.3, 0.4) is 0 Å². The summed E-state index contributed by atoms with van der Waals surface area (Å²) in [7, 11) is -1.44. The maximum absolute atomic E-state index is 9.11. The van der Waals surface area contributed by atoms with Gasteiger partial charge in [-0.3, -0.25) is 0 Å². The van der Waals surface area contributed by atoms with E-state index in [4.69, 9.17) is 33.3 Å². The number of hydrogen-bond donors (Lipinski definition) is 0. The number of rotatable bonds is 15. The molecule has 2 unspecified atom stereocenters. The van der Waals surface area contributed by atoms with E-state index in [0.717, 1.165) is 22.4 Å². The Labute approximate surface area is 270 Å². The highest BCUT2D eigenvalue weighted by molar-refractivity contribution is 7.44. The second-order valence-corrected chi connectivity index (χ2v) is 13.5. The number of hydrogen-bond acceptors (Lipinski definition) is 8. The maximum Gasteiger partial charge on any atom is 0.259 e. The van der Waals surface area contributed by atoms with Gasteiger partial charge in [0.2, 0.25) is 6.29 Å². The van der Waals surface area contributed by atoms with Crippen LogP contribution in [-0.4, -0.2) is 54.6 Å². The van der Waals surface area contributed by atoms with E-state index in [-0.39, 0.29) is 24.8 Å². The Morgan fingerprint density at radius 2 is 1.24 bits per heavy atom. The molecule has 0 N–H and O–H groups in total. The number of aryl methyl sites for hydroxylation is 3. The van der Waals surface area contributed by atoms with Crippen LogP contribution in [0.5, 0.6) is 17.2 Å². The monoisotopic (exact) mass is 634 g/mol. The van der Waals surface area contributed by atoms with Gasteiger partial charge in [-0.1, -0.05) is 53.1 Å². The molecule has 4 rings (SSSR count). The molecule has 3 aromatic carbocycles. The number of nitriles is 1. The quantitative estimate of drug-likeness (QED) is 0.122. The second kappa shape index (κ2) is 16.9. The van der Waals surface area contributed by atoms with Gasteiger partial charge >= 0.3 is 0 Å². The molecule has 0 amide bonds. The van der Waals surface area contributed by atoms with Gasteiger partial charge in [-0.2, -0.15) is 5.26 Å². The summed E-state index contributed by atoms with van der Waals surface area (Å²) in [5.74, 6) is 2.12. The largest absolute Gasteiger partial charge is 0.486 e. The third-order valence-electron chi connectivity index (χ3n) is 7.36. The van der Waals surface area contributed by atoms with Crippen molar-refractivity contribution in [3.05, 3.63) is 89.5 Å². The van der Waals surface area contributed by atoms with Crippen molar-refractivity contribution < 1.29 is 28.0 Å². The fourth-order valence-electron chi connectivity index (χ4n) is 5.12. The van der Waals surface area contributed by atoms with Crippen LogP contribution in [0.2, 0.25) is 0 Å². The molecular formula is C36H47N2O6P. The molecule has 1 aliphatic heterocycles. The smallest absolute Gasteiger partial charge is 0.259 e. The normalized spacial score (nSPS) is 20.6. The topological polar surface area (TPSA) is 82.4 Å². The molecule has 1 saturated heterocycles. The summed E-state index contributed by atoms with van der Waals surface area (Å²) in [5, 5.41) is 9.11. The lowest BCUT2D eigenvalue weighted by Gasteiger charge is -2.42. The van der Waals surface area contributed by atoms with Crippen LogP contribution in [0, 0.1) is 32.1 Å². The minimum Gasteiger partial charge on any atom is -0.486 e. The van der Waals surface area contributed by atoms with Crippen molar-refractivity contribution in [2.24, 2.45) is 0 Å². The zero-order chi connectivity index (χ0) is 32.3. The van der Waals surface area contributed by atoms with E-state index in [1.54, 1.807) is 0 Å². The van der Waals surface area contributed by atoms with Crippen LogP contribution >= 0.6 is 8.53 Å². The van der Waals surface area contributed by atoms with Crippen molar-refractivity contribution in [2.45, 2.75) is 98.0 Å². The van der Waals surface area contributed by atoms with Gasteiger partial charge in [0.15, 0.2) is 6.10 Å². The molecule has 45 heavy (non-hydrogen) atoms. The number of benzene rings is 3. The predicted octanol–water partition coefficient (Wildman–Crippen LogP) is 8.29. The molecule has 5 atom stereocenters. The third kappa shape index (κ3) is 10.4. The van der Waals surface area contributed by atoms with Crippen molar-refractivity contribution in [2.75, 3.05) is 13.2 Å². The number of nitrogens with zero attached hydrogens (tertiary/aromatic N) is 2. The minimum absolute atomic E-state index is 0.188. The SMILES string of the molecule is Cc1ccc(OC2O[C@H](COP(OCCC#N)N(C(C)C)C(C)C)C[C@H](Oc3ccc(C)cc3)[C@H]2Oc2ccc(C)cc2)cc1. The van der Waals surface area contributed by atoms with Crippen molar-refractivity contribution in [1.29, 1.82) is 5.26 Å². The third-order valence-corrected chi connectivity index (χ3v) is 9.44. The Hall–Kier alpha value is -3.18. The van der Waals surface area contributed by atoms with E-state index in [1.165, 1.54) is 0 Å². The molecule has 242 valence electrons. The minimum atomic E-state index is -1.44. The van der Waals surface area contributed by atoms with Crippen LogP contribution in [-0.2, 0) is 13.8 Å². The lowest BCUT2D eigenvalue weighted by atomic mass is 10.0. The molecule has 1 fully saturated rings. The average molecular weight is 635 g/mol. The van der Waals surface area contributed by atoms with Crippen LogP contribution in [0.4, 0.5) is 0 Å². The Bertz CT molecular complexity index is 1280. The molecule has 3 aromatic rings. The first-order valence-electron chi connectivity index (χ1n) is 15.7. The van der Waals surface area contributed by atoms with Crippen molar-refractivity contribution in [3.63, 3.8) is 0 Å². The molecule has 0 bridgehead atoms. The molecule has 1 heterocycles. The molecule has 0 spiro atoms. The highest BCUT2D eigenvalue weighted by Gasteiger charge is 2.44. The Morgan fingerprint density at radius 1 is 0.756 bits per heavy atom. The molecule has 1 aliphatic rings. The number of ether oxygens (including phenoxy) is 4. The first-order valence-corrected chi connectivity index (χ1v) is 16.8. The van der Waals surface area contributed by atoms with Crippen molar-refractivity contribution in [1.82, 2.24) is 4.67 Å². The summed E-state index contributed by atoms with van der Waals surface area (Å²) < 4.78 is 41.2. The van der Waals surface area contributed by atoms with E-state index in [0.29, 0.717) is 30.9 Å². The summed E-state index contributed by atoms with van der Waals surface area (Å²) >= 11 is 0. The zero-order valence-electron chi connectivity index (χ0n) is 27.5. The first-order chi connectivity index (χ1) is 21.6. The molecule has 0 radical (unpaired) electrons. The standard InChI is InChI=1S/C36H47N2O6P/c1-25(2)38(26(3)4)45(39-22-8-21-37)40-24-33-23-34(41-30-15-9-27(5)10-16-30)35(42-31-17-11-28(6)12-18-31)36(44-33)43-32-19-13-29(7)14-20-32/h9-20,25-26,33-36H,8,22-24H2,1-7H3/t33-,34-,35+,36?,45?/m0/s1. The summed E-state index contributed by atoms with van der Waals surface area (Å²) in [6.45, 7) is 15.2. The molecule has 0 aliphatic carbocycles. The van der Waals surface area contributed by atoms with Crippen LogP contribution in [0.1, 0.15) is 57.2 Å². The molecule has 0 saturated carbocycles. The van der Waals surface area contributed by atoms with E-state index in [1.807, 2.05) is 86.6 Å². The lowest BCUT2D eigenvalue weighted by molar-refractivity contribution is -0.228. The lowest BCUT2D eigenvalue weighted by Crippen LogP contribution is -2.56. The second-order valence-electron chi connectivity index (χ2n) is 12.0. The Kier molecular flexibility index (Phi) is 13.1. The predicted molar refractivity (Wildman–Crippen MR) is 177 cm³/mol. The Morgan fingerprint density at radius 3 is 1.73 bits per heavy atom. The van der Waals surface area contributed by atoms with E-state index in [9.17, 15) is 0 Å². The van der Waals surface area contributed by atoms with Gasteiger partial charge in [0.25, 0.3) is 8.53 Å². The van der Waals surface area contributed by atoms with E-state index in [2.05, 4.69) is 45.4 Å². The zero-order valence-corrected chi connectivity index (χ0v) is 28.4. The fraction of sp³-hybridized carbons (Fsp3) is 0.472. The Balaban J connectivity index is 1.62. The summed E-state index contributed by atoms with van der Waals surface area (Å²) in [4.78, 5) is 0.